The Balaban J connectivity index is 1.95. The number of anilines is 2. The van der Waals surface area contributed by atoms with Crippen LogP contribution in [0.5, 0.6) is 0 Å². The maximum Gasteiger partial charge on any atom is 0.319 e. The molecule has 2 amide bonds. The van der Waals surface area contributed by atoms with E-state index in [0.717, 1.165) is 5.56 Å². The minimum absolute atomic E-state index is 0.206. The summed E-state index contributed by atoms with van der Waals surface area (Å²) < 4.78 is 13.5. The highest BCUT2D eigenvalue weighted by Crippen LogP contribution is 2.15. The largest absolute Gasteiger partial charge is 0.399 e. The number of benzene rings is 2. The molecule has 2 rings (SSSR count). The van der Waals surface area contributed by atoms with Gasteiger partial charge in [0.05, 0.1) is 0 Å². The number of hydrogen-bond donors (Lipinski definition) is 3. The van der Waals surface area contributed by atoms with Crippen LogP contribution in [0.1, 0.15) is 16.7 Å². The number of carbonyl (C=O) groups is 1. The molecule has 0 radical (unpaired) electrons. The van der Waals surface area contributed by atoms with Gasteiger partial charge in [0, 0.05) is 17.9 Å². The second kappa shape index (κ2) is 6.26. The molecule has 0 saturated carbocycles. The van der Waals surface area contributed by atoms with Gasteiger partial charge in [-0.25, -0.2) is 9.18 Å². The molecule has 4 nitrogen and oxygen atoms in total. The van der Waals surface area contributed by atoms with Gasteiger partial charge in [-0.3, -0.25) is 0 Å². The van der Waals surface area contributed by atoms with Gasteiger partial charge in [-0.05, 0) is 48.7 Å². The predicted molar refractivity (Wildman–Crippen MR) is 82.6 cm³/mol. The van der Waals surface area contributed by atoms with Crippen molar-refractivity contribution in [2.45, 2.75) is 20.4 Å². The number of amides is 2. The van der Waals surface area contributed by atoms with E-state index in [9.17, 15) is 9.18 Å². The van der Waals surface area contributed by atoms with Gasteiger partial charge in [0.25, 0.3) is 0 Å². The van der Waals surface area contributed by atoms with Crippen LogP contribution < -0.4 is 16.4 Å². The molecule has 0 heterocycles. The van der Waals surface area contributed by atoms with Gasteiger partial charge >= 0.3 is 6.03 Å². The van der Waals surface area contributed by atoms with Crippen LogP contribution in [0.4, 0.5) is 20.6 Å². The number of nitrogen functional groups attached to an aromatic ring is 1. The molecule has 0 aliphatic carbocycles. The van der Waals surface area contributed by atoms with Crippen LogP contribution in [-0.4, -0.2) is 6.03 Å². The Bertz CT molecular complexity index is 647. The number of carbonyl (C=O) groups excluding carboxylic acids is 1. The van der Waals surface area contributed by atoms with Gasteiger partial charge in [-0.2, -0.15) is 0 Å². The number of nitrogens with one attached hydrogen (secondary N) is 2. The fourth-order valence-corrected chi connectivity index (χ4v) is 2.11. The third-order valence-corrected chi connectivity index (χ3v) is 3.09. The van der Waals surface area contributed by atoms with E-state index in [1.54, 1.807) is 50.2 Å². The molecule has 0 aliphatic rings. The van der Waals surface area contributed by atoms with Gasteiger partial charge in [0.1, 0.15) is 5.82 Å². The summed E-state index contributed by atoms with van der Waals surface area (Å²) in [5, 5.41) is 5.42. The Labute approximate surface area is 123 Å². The van der Waals surface area contributed by atoms with Gasteiger partial charge in [-0.1, -0.05) is 18.2 Å². The fourth-order valence-electron chi connectivity index (χ4n) is 2.11. The van der Waals surface area contributed by atoms with Crippen LogP contribution in [0.2, 0.25) is 0 Å². The zero-order valence-corrected chi connectivity index (χ0v) is 12.0. The highest BCUT2D eigenvalue weighted by Gasteiger charge is 2.06. The summed E-state index contributed by atoms with van der Waals surface area (Å²) in [7, 11) is 0. The Morgan fingerprint density at radius 1 is 1.19 bits per heavy atom. The van der Waals surface area contributed by atoms with Crippen LogP contribution in [0.25, 0.3) is 0 Å². The lowest BCUT2D eigenvalue weighted by molar-refractivity contribution is 0.251. The first-order valence-electron chi connectivity index (χ1n) is 6.61. The molecule has 0 saturated heterocycles. The number of hydrogen-bond acceptors (Lipinski definition) is 2. The summed E-state index contributed by atoms with van der Waals surface area (Å²) in [5.41, 5.74) is 8.84. The standard InChI is InChI=1S/C16H18FN3O/c1-10-6-12(7-11(2)15(10)17)9-19-16(21)20-14-5-3-4-13(18)8-14/h3-8H,9,18H2,1-2H3,(H2,19,20,21). The zero-order valence-electron chi connectivity index (χ0n) is 12.0. The lowest BCUT2D eigenvalue weighted by atomic mass is 10.1. The molecule has 0 bridgehead atoms. The van der Waals surface area contributed by atoms with E-state index in [0.29, 0.717) is 29.0 Å². The summed E-state index contributed by atoms with van der Waals surface area (Å²) in [6.45, 7) is 3.74. The monoisotopic (exact) mass is 287 g/mol. The summed E-state index contributed by atoms with van der Waals surface area (Å²) in [6, 6.07) is 10.0. The molecular formula is C16H18FN3O. The number of aryl methyl sites for hydroxylation is 2. The summed E-state index contributed by atoms with van der Waals surface area (Å²) >= 11 is 0. The second-order valence-electron chi connectivity index (χ2n) is 4.98. The number of nitrogens with two attached hydrogens (primary N) is 1. The molecule has 0 spiro atoms. The minimum atomic E-state index is -0.333. The molecule has 0 unspecified atom stereocenters. The Morgan fingerprint density at radius 2 is 1.86 bits per heavy atom. The SMILES string of the molecule is Cc1cc(CNC(=O)Nc2cccc(N)c2)cc(C)c1F. The van der Waals surface area contributed by atoms with Gasteiger partial charge in [0.2, 0.25) is 0 Å². The van der Waals surface area contributed by atoms with Crippen molar-refractivity contribution in [2.75, 3.05) is 11.1 Å². The quantitative estimate of drug-likeness (QED) is 0.758. The molecule has 2 aromatic rings. The summed E-state index contributed by atoms with van der Waals surface area (Å²) in [6.07, 6.45) is 0. The third kappa shape index (κ3) is 3.95. The molecule has 4 N–H and O–H groups in total. The van der Waals surface area contributed by atoms with Gasteiger partial charge in [0.15, 0.2) is 0 Å². The smallest absolute Gasteiger partial charge is 0.319 e. The van der Waals surface area contributed by atoms with Crippen LogP contribution >= 0.6 is 0 Å². The van der Waals surface area contributed by atoms with Gasteiger partial charge < -0.3 is 16.4 Å². The molecule has 21 heavy (non-hydrogen) atoms. The molecule has 5 heteroatoms. The van der Waals surface area contributed by atoms with E-state index in [1.807, 2.05) is 0 Å². The molecule has 2 aromatic carbocycles. The van der Waals surface area contributed by atoms with Crippen LogP contribution in [0.15, 0.2) is 36.4 Å². The molecule has 0 aromatic heterocycles. The van der Waals surface area contributed by atoms with Gasteiger partial charge in [-0.15, -0.1) is 0 Å². The van der Waals surface area contributed by atoms with Crippen molar-refractivity contribution in [3.8, 4) is 0 Å². The van der Waals surface area contributed by atoms with E-state index in [2.05, 4.69) is 10.6 Å². The molecule has 110 valence electrons. The Hall–Kier alpha value is -2.56. The minimum Gasteiger partial charge on any atom is -0.399 e. The highest BCUT2D eigenvalue weighted by atomic mass is 19.1. The van der Waals surface area contributed by atoms with Crippen molar-refractivity contribution in [2.24, 2.45) is 0 Å². The van der Waals surface area contributed by atoms with Crippen molar-refractivity contribution in [1.82, 2.24) is 5.32 Å². The van der Waals surface area contributed by atoms with E-state index >= 15 is 0 Å². The van der Waals surface area contributed by atoms with E-state index in [4.69, 9.17) is 5.73 Å². The lowest BCUT2D eigenvalue weighted by Crippen LogP contribution is -2.28. The first-order chi connectivity index (χ1) is 9.95. The summed E-state index contributed by atoms with van der Waals surface area (Å²) in [4.78, 5) is 11.8. The van der Waals surface area contributed by atoms with E-state index in [1.165, 1.54) is 0 Å². The van der Waals surface area contributed by atoms with Crippen molar-refractivity contribution in [1.29, 1.82) is 0 Å². The summed E-state index contributed by atoms with van der Waals surface area (Å²) in [5.74, 6) is -0.206. The first kappa shape index (κ1) is 14.8. The van der Waals surface area contributed by atoms with Crippen LogP contribution in [0.3, 0.4) is 0 Å². The highest BCUT2D eigenvalue weighted by molar-refractivity contribution is 5.89. The lowest BCUT2D eigenvalue weighted by Gasteiger charge is -2.10. The second-order valence-corrected chi connectivity index (χ2v) is 4.98. The fraction of sp³-hybridized carbons (Fsp3) is 0.188. The van der Waals surface area contributed by atoms with E-state index in [-0.39, 0.29) is 11.8 Å². The Kier molecular flexibility index (Phi) is 4.42. The maximum absolute atomic E-state index is 13.5. The maximum atomic E-state index is 13.5. The van der Waals surface area contributed by atoms with Crippen molar-refractivity contribution >= 4 is 17.4 Å². The molecule has 0 fully saturated rings. The average Bonchev–Trinajstić information content (AvgIpc) is 2.42. The number of urea groups is 1. The molecule has 0 aliphatic heterocycles. The van der Waals surface area contributed by atoms with E-state index < -0.39 is 0 Å². The Morgan fingerprint density at radius 3 is 2.48 bits per heavy atom. The van der Waals surface area contributed by atoms with Crippen molar-refractivity contribution in [3.05, 3.63) is 58.9 Å². The topological polar surface area (TPSA) is 67.2 Å². The number of halogens is 1. The van der Waals surface area contributed by atoms with Crippen LogP contribution in [-0.2, 0) is 6.54 Å². The normalized spacial score (nSPS) is 10.2. The zero-order chi connectivity index (χ0) is 15.4. The first-order valence-corrected chi connectivity index (χ1v) is 6.61. The van der Waals surface area contributed by atoms with Crippen LogP contribution in [0, 0.1) is 19.7 Å². The number of rotatable bonds is 3. The molecular weight excluding hydrogens is 269 g/mol. The molecule has 0 atom stereocenters. The predicted octanol–water partition coefficient (Wildman–Crippen LogP) is 3.35. The van der Waals surface area contributed by atoms with Crippen molar-refractivity contribution in [3.63, 3.8) is 0 Å². The third-order valence-electron chi connectivity index (χ3n) is 3.09. The van der Waals surface area contributed by atoms with Crippen molar-refractivity contribution < 1.29 is 9.18 Å². The average molecular weight is 287 g/mol.